The normalized spacial score (nSPS) is 9.70. The fourth-order valence-electron chi connectivity index (χ4n) is 0.567. The maximum atomic E-state index is 8.90. The van der Waals surface area contributed by atoms with Gasteiger partial charge in [0.25, 0.3) is 0 Å². The predicted molar refractivity (Wildman–Crippen MR) is 39.2 cm³/mol. The number of nitrogens with two attached hydrogens (primary N) is 1. The molecule has 0 aliphatic rings. The molecule has 1 aromatic rings. The fraction of sp³-hybridized carbons (Fsp3) is 0. The molecule has 0 saturated carbocycles. The lowest BCUT2D eigenvalue weighted by molar-refractivity contribution is 0.462. The summed E-state index contributed by atoms with van der Waals surface area (Å²) in [7, 11) is 0. The van der Waals surface area contributed by atoms with Crippen LogP contribution in [0.4, 0.5) is 5.69 Å². The van der Waals surface area contributed by atoms with E-state index in [4.69, 9.17) is 27.5 Å². The first-order chi connectivity index (χ1) is 4.61. The summed E-state index contributed by atoms with van der Waals surface area (Å²) in [5.74, 6) is -0.250. The molecule has 1 rings (SSSR count). The molecule has 1 aromatic carbocycles. The highest BCUT2D eigenvalue weighted by Gasteiger charge is 2.02. The number of hydrogen-bond acceptors (Lipinski definition) is 3. The van der Waals surface area contributed by atoms with Crippen LogP contribution < -0.4 is 5.73 Å². The van der Waals surface area contributed by atoms with Crippen molar-refractivity contribution < 1.29 is 10.2 Å². The van der Waals surface area contributed by atoms with Crippen LogP contribution >= 0.6 is 11.6 Å². The van der Waals surface area contributed by atoms with E-state index >= 15 is 0 Å². The number of aromatic hydroxyl groups is 2. The van der Waals surface area contributed by atoms with Crippen LogP contribution in [0.1, 0.15) is 0 Å². The summed E-state index contributed by atoms with van der Waals surface area (Å²) < 4.78 is 0. The van der Waals surface area contributed by atoms with E-state index in [1.807, 2.05) is 0 Å². The Hall–Kier alpha value is -1.09. The van der Waals surface area contributed by atoms with Crippen molar-refractivity contribution in [3.8, 4) is 11.5 Å². The van der Waals surface area contributed by atoms with Gasteiger partial charge in [0, 0.05) is 12.1 Å². The van der Waals surface area contributed by atoms with Crippen molar-refractivity contribution in [3.63, 3.8) is 0 Å². The first-order valence-electron chi connectivity index (χ1n) is 2.58. The van der Waals surface area contributed by atoms with Gasteiger partial charge in [-0.05, 0) is 0 Å². The summed E-state index contributed by atoms with van der Waals surface area (Å²) in [5.41, 5.74) is 5.33. The smallest absolute Gasteiger partial charge is 0.140 e. The number of anilines is 1. The van der Waals surface area contributed by atoms with Crippen molar-refractivity contribution >= 4 is 17.3 Å². The second kappa shape index (κ2) is 2.27. The SMILES string of the molecule is Nc1cc(O)c(Cl)cc1O. The molecule has 0 bridgehead atoms. The summed E-state index contributed by atoms with van der Waals surface area (Å²) in [4.78, 5) is 0. The monoisotopic (exact) mass is 159 g/mol. The second-order valence-corrected chi connectivity index (χ2v) is 2.27. The van der Waals surface area contributed by atoms with Crippen LogP contribution in [0.2, 0.25) is 5.02 Å². The summed E-state index contributed by atoms with van der Waals surface area (Å²) in [6.07, 6.45) is 0. The van der Waals surface area contributed by atoms with Crippen LogP contribution in [0.5, 0.6) is 11.5 Å². The Morgan fingerprint density at radius 2 is 1.80 bits per heavy atom. The van der Waals surface area contributed by atoms with Crippen LogP contribution in [0.25, 0.3) is 0 Å². The zero-order valence-corrected chi connectivity index (χ0v) is 5.76. The van der Waals surface area contributed by atoms with Crippen LogP contribution in [0, 0.1) is 0 Å². The van der Waals surface area contributed by atoms with Gasteiger partial charge in [0.15, 0.2) is 0 Å². The molecular formula is C6H6ClNO2. The molecule has 54 valence electrons. The van der Waals surface area contributed by atoms with Crippen molar-refractivity contribution in [1.29, 1.82) is 0 Å². The predicted octanol–water partition coefficient (Wildman–Crippen LogP) is 1.33. The van der Waals surface area contributed by atoms with Gasteiger partial charge in [-0.1, -0.05) is 11.6 Å². The van der Waals surface area contributed by atoms with Gasteiger partial charge < -0.3 is 15.9 Å². The molecule has 0 fully saturated rings. The van der Waals surface area contributed by atoms with Crippen LogP contribution in [-0.2, 0) is 0 Å². The van der Waals surface area contributed by atoms with E-state index in [9.17, 15) is 0 Å². The summed E-state index contributed by atoms with van der Waals surface area (Å²) in [6.45, 7) is 0. The van der Waals surface area contributed by atoms with Gasteiger partial charge in [0.05, 0.1) is 10.7 Å². The zero-order valence-electron chi connectivity index (χ0n) is 5.00. The molecule has 0 radical (unpaired) electrons. The minimum atomic E-state index is -0.128. The molecule has 0 heterocycles. The molecule has 0 aliphatic heterocycles. The van der Waals surface area contributed by atoms with E-state index in [2.05, 4.69) is 0 Å². The van der Waals surface area contributed by atoms with E-state index in [1.165, 1.54) is 12.1 Å². The minimum Gasteiger partial charge on any atom is -0.506 e. The van der Waals surface area contributed by atoms with Crippen molar-refractivity contribution in [2.24, 2.45) is 0 Å². The third-order valence-electron chi connectivity index (χ3n) is 1.10. The number of benzene rings is 1. The van der Waals surface area contributed by atoms with Crippen molar-refractivity contribution in [2.45, 2.75) is 0 Å². The third-order valence-corrected chi connectivity index (χ3v) is 1.40. The molecule has 0 amide bonds. The molecule has 0 unspecified atom stereocenters. The maximum Gasteiger partial charge on any atom is 0.140 e. The number of phenolic OH excluding ortho intramolecular Hbond substituents is 2. The average Bonchev–Trinajstić information content (AvgIpc) is 1.84. The molecule has 0 spiro atoms. The largest absolute Gasteiger partial charge is 0.506 e. The summed E-state index contributed by atoms with van der Waals surface area (Å²) in [5, 5.41) is 17.9. The third kappa shape index (κ3) is 1.09. The zero-order chi connectivity index (χ0) is 7.72. The van der Waals surface area contributed by atoms with E-state index in [-0.39, 0.29) is 22.2 Å². The van der Waals surface area contributed by atoms with Crippen molar-refractivity contribution in [2.75, 3.05) is 5.73 Å². The second-order valence-electron chi connectivity index (χ2n) is 1.86. The fourth-order valence-corrected chi connectivity index (χ4v) is 0.725. The molecule has 0 saturated heterocycles. The van der Waals surface area contributed by atoms with E-state index in [0.29, 0.717) is 0 Å². The highest BCUT2D eigenvalue weighted by atomic mass is 35.5. The molecule has 4 heteroatoms. The highest BCUT2D eigenvalue weighted by molar-refractivity contribution is 6.32. The Labute approximate surface area is 62.7 Å². The van der Waals surface area contributed by atoms with Crippen molar-refractivity contribution in [3.05, 3.63) is 17.2 Å². The Morgan fingerprint density at radius 1 is 1.20 bits per heavy atom. The number of hydrogen-bond donors (Lipinski definition) is 3. The Bertz CT molecular complexity index is 212. The molecule has 4 N–H and O–H groups in total. The lowest BCUT2D eigenvalue weighted by Crippen LogP contribution is -1.84. The Kier molecular flexibility index (Phi) is 1.59. The van der Waals surface area contributed by atoms with E-state index < -0.39 is 0 Å². The minimum absolute atomic E-state index is 0.0895. The van der Waals surface area contributed by atoms with Crippen LogP contribution in [0.15, 0.2) is 12.1 Å². The number of rotatable bonds is 0. The topological polar surface area (TPSA) is 66.5 Å². The number of phenols is 2. The lowest BCUT2D eigenvalue weighted by atomic mass is 10.3. The molecule has 0 atom stereocenters. The molecular weight excluding hydrogens is 154 g/mol. The molecule has 0 aromatic heterocycles. The van der Waals surface area contributed by atoms with Gasteiger partial charge >= 0.3 is 0 Å². The van der Waals surface area contributed by atoms with Gasteiger partial charge in [0.1, 0.15) is 11.5 Å². The van der Waals surface area contributed by atoms with E-state index in [1.54, 1.807) is 0 Å². The Balaban J connectivity index is 3.28. The van der Waals surface area contributed by atoms with E-state index in [0.717, 1.165) is 0 Å². The van der Waals surface area contributed by atoms with Gasteiger partial charge in [-0.15, -0.1) is 0 Å². The summed E-state index contributed by atoms with van der Waals surface area (Å²) in [6, 6.07) is 2.38. The highest BCUT2D eigenvalue weighted by Crippen LogP contribution is 2.31. The van der Waals surface area contributed by atoms with Crippen LogP contribution in [0.3, 0.4) is 0 Å². The van der Waals surface area contributed by atoms with Gasteiger partial charge in [-0.25, -0.2) is 0 Å². The lowest BCUT2D eigenvalue weighted by Gasteiger charge is -2.00. The quantitative estimate of drug-likeness (QED) is 0.304. The first kappa shape index (κ1) is 7.02. The molecule has 0 aliphatic carbocycles. The van der Waals surface area contributed by atoms with Gasteiger partial charge in [-0.3, -0.25) is 0 Å². The molecule has 10 heavy (non-hydrogen) atoms. The maximum absolute atomic E-state index is 8.90. The number of nitrogen functional groups attached to an aromatic ring is 1. The summed E-state index contributed by atoms with van der Waals surface area (Å²) >= 11 is 5.42. The average molecular weight is 160 g/mol. The van der Waals surface area contributed by atoms with Crippen LogP contribution in [-0.4, -0.2) is 10.2 Å². The first-order valence-corrected chi connectivity index (χ1v) is 2.96. The molecule has 3 nitrogen and oxygen atoms in total. The van der Waals surface area contributed by atoms with Gasteiger partial charge in [-0.2, -0.15) is 0 Å². The van der Waals surface area contributed by atoms with Crippen molar-refractivity contribution in [1.82, 2.24) is 0 Å². The standard InChI is InChI=1S/C6H6ClNO2/c7-3-1-6(10)4(8)2-5(3)9/h1-2,9-10H,8H2. The number of halogens is 1. The Morgan fingerprint density at radius 3 is 2.30 bits per heavy atom. The van der Waals surface area contributed by atoms with Gasteiger partial charge in [0.2, 0.25) is 0 Å².